The zero-order valence-electron chi connectivity index (χ0n) is 11.0. The average Bonchev–Trinajstić information content (AvgIpc) is 2.20. The molecule has 0 bridgehead atoms. The standard InChI is InChI=1S/C14H17BrN2S/c1-9-7-11(5-6-12(9)15)17-10(2)8-14(3,4)16-13(17)18/h5-8H,1-4H3,(H,16,18). The van der Waals surface area contributed by atoms with Gasteiger partial charge >= 0.3 is 0 Å². The molecule has 1 aromatic carbocycles. The van der Waals surface area contributed by atoms with E-state index in [2.05, 4.69) is 78.1 Å². The number of thiocarbonyl (C=S) groups is 1. The van der Waals surface area contributed by atoms with Crippen LogP contribution in [0, 0.1) is 6.92 Å². The van der Waals surface area contributed by atoms with Crippen molar-refractivity contribution < 1.29 is 0 Å². The van der Waals surface area contributed by atoms with Crippen molar-refractivity contribution in [1.82, 2.24) is 5.32 Å². The second-order valence-corrected chi connectivity index (χ2v) is 6.45. The highest BCUT2D eigenvalue weighted by Gasteiger charge is 2.27. The first-order valence-corrected chi connectivity index (χ1v) is 7.08. The van der Waals surface area contributed by atoms with E-state index in [1.54, 1.807) is 0 Å². The third-order valence-electron chi connectivity index (χ3n) is 2.95. The average molecular weight is 325 g/mol. The monoisotopic (exact) mass is 324 g/mol. The lowest BCUT2D eigenvalue weighted by Crippen LogP contribution is -2.53. The molecule has 1 aliphatic rings. The minimum Gasteiger partial charge on any atom is -0.354 e. The van der Waals surface area contributed by atoms with Crippen molar-refractivity contribution >= 4 is 38.9 Å². The highest BCUT2D eigenvalue weighted by Crippen LogP contribution is 2.28. The molecule has 2 rings (SSSR count). The number of anilines is 1. The molecule has 4 heteroatoms. The maximum absolute atomic E-state index is 5.47. The summed E-state index contributed by atoms with van der Waals surface area (Å²) in [5.74, 6) is 0. The van der Waals surface area contributed by atoms with Crippen LogP contribution < -0.4 is 10.2 Å². The number of nitrogens with zero attached hydrogens (tertiary/aromatic N) is 1. The van der Waals surface area contributed by atoms with Gasteiger partial charge in [0, 0.05) is 15.9 Å². The van der Waals surface area contributed by atoms with Gasteiger partial charge < -0.3 is 5.32 Å². The van der Waals surface area contributed by atoms with Gasteiger partial charge in [-0.2, -0.15) is 0 Å². The molecule has 1 aliphatic heterocycles. The zero-order chi connectivity index (χ0) is 13.5. The quantitative estimate of drug-likeness (QED) is 0.782. The van der Waals surface area contributed by atoms with Crippen molar-refractivity contribution in [3.63, 3.8) is 0 Å². The molecule has 0 atom stereocenters. The molecule has 1 N–H and O–H groups in total. The third-order valence-corrected chi connectivity index (χ3v) is 4.13. The number of hydrogen-bond donors (Lipinski definition) is 1. The van der Waals surface area contributed by atoms with Crippen LogP contribution in [-0.4, -0.2) is 10.7 Å². The molecule has 0 amide bonds. The van der Waals surface area contributed by atoms with Crippen molar-refractivity contribution in [3.05, 3.63) is 40.0 Å². The Bertz CT molecular complexity index is 535. The molecule has 1 heterocycles. The Morgan fingerprint density at radius 1 is 1.28 bits per heavy atom. The summed E-state index contributed by atoms with van der Waals surface area (Å²) in [6.07, 6.45) is 2.19. The molecule has 0 unspecified atom stereocenters. The number of allylic oxidation sites excluding steroid dienone is 1. The molecule has 96 valence electrons. The number of aryl methyl sites for hydroxylation is 1. The second-order valence-electron chi connectivity index (χ2n) is 5.21. The lowest BCUT2D eigenvalue weighted by Gasteiger charge is -2.38. The lowest BCUT2D eigenvalue weighted by atomic mass is 10.0. The summed E-state index contributed by atoms with van der Waals surface area (Å²) in [5.41, 5.74) is 3.37. The molecule has 0 aromatic heterocycles. The van der Waals surface area contributed by atoms with Crippen molar-refractivity contribution in [2.45, 2.75) is 33.2 Å². The molecule has 0 fully saturated rings. The summed E-state index contributed by atoms with van der Waals surface area (Å²) >= 11 is 8.99. The normalized spacial score (nSPS) is 18.4. The fraction of sp³-hybridized carbons (Fsp3) is 0.357. The molecular formula is C14H17BrN2S. The predicted molar refractivity (Wildman–Crippen MR) is 84.9 cm³/mol. The molecule has 0 saturated carbocycles. The van der Waals surface area contributed by atoms with Crippen molar-refractivity contribution in [1.29, 1.82) is 0 Å². The predicted octanol–water partition coefficient (Wildman–Crippen LogP) is 4.13. The van der Waals surface area contributed by atoms with Crippen molar-refractivity contribution in [3.8, 4) is 0 Å². The molecule has 0 saturated heterocycles. The molecule has 0 aliphatic carbocycles. The van der Waals surface area contributed by atoms with E-state index in [1.807, 2.05) is 0 Å². The number of hydrogen-bond acceptors (Lipinski definition) is 1. The van der Waals surface area contributed by atoms with Crippen LogP contribution in [0.15, 0.2) is 34.4 Å². The van der Waals surface area contributed by atoms with E-state index in [-0.39, 0.29) is 5.54 Å². The van der Waals surface area contributed by atoms with E-state index in [0.29, 0.717) is 0 Å². The number of nitrogens with one attached hydrogen (secondary N) is 1. The largest absolute Gasteiger partial charge is 0.354 e. The van der Waals surface area contributed by atoms with Gasteiger partial charge in [-0.15, -0.1) is 0 Å². The minimum atomic E-state index is -0.0813. The van der Waals surface area contributed by atoms with Gasteiger partial charge in [0.15, 0.2) is 5.11 Å². The van der Waals surface area contributed by atoms with E-state index in [0.717, 1.165) is 21.0 Å². The highest BCUT2D eigenvalue weighted by molar-refractivity contribution is 9.10. The Kier molecular flexibility index (Phi) is 3.52. The smallest absolute Gasteiger partial charge is 0.178 e. The molecule has 2 nitrogen and oxygen atoms in total. The Balaban J connectivity index is 2.44. The van der Waals surface area contributed by atoms with Gasteiger partial charge in [0.1, 0.15) is 0 Å². The summed E-state index contributed by atoms with van der Waals surface area (Å²) in [4.78, 5) is 2.07. The fourth-order valence-corrected chi connectivity index (χ4v) is 2.96. The van der Waals surface area contributed by atoms with Gasteiger partial charge in [0.25, 0.3) is 0 Å². The summed E-state index contributed by atoms with van der Waals surface area (Å²) < 4.78 is 1.11. The van der Waals surface area contributed by atoms with Gasteiger partial charge in [-0.3, -0.25) is 4.90 Å². The van der Waals surface area contributed by atoms with E-state index in [4.69, 9.17) is 12.2 Å². The molecular weight excluding hydrogens is 308 g/mol. The molecule has 0 spiro atoms. The Morgan fingerprint density at radius 3 is 2.50 bits per heavy atom. The van der Waals surface area contributed by atoms with Gasteiger partial charge in [0.05, 0.1) is 5.54 Å². The number of benzene rings is 1. The van der Waals surface area contributed by atoms with Crippen LogP contribution in [0.1, 0.15) is 26.3 Å². The lowest BCUT2D eigenvalue weighted by molar-refractivity contribution is 0.560. The van der Waals surface area contributed by atoms with Crippen molar-refractivity contribution in [2.75, 3.05) is 4.90 Å². The first kappa shape index (κ1) is 13.6. The van der Waals surface area contributed by atoms with E-state index in [1.165, 1.54) is 5.56 Å². The summed E-state index contributed by atoms with van der Waals surface area (Å²) in [6, 6.07) is 6.26. The van der Waals surface area contributed by atoms with E-state index in [9.17, 15) is 0 Å². The second kappa shape index (κ2) is 4.67. The topological polar surface area (TPSA) is 15.3 Å². The first-order valence-electron chi connectivity index (χ1n) is 5.88. The Hall–Kier alpha value is -0.870. The van der Waals surface area contributed by atoms with Crippen LogP contribution >= 0.6 is 28.1 Å². The van der Waals surface area contributed by atoms with Gasteiger partial charge in [0.2, 0.25) is 0 Å². The minimum absolute atomic E-state index is 0.0813. The van der Waals surface area contributed by atoms with Crippen LogP contribution in [0.25, 0.3) is 0 Å². The van der Waals surface area contributed by atoms with Crippen molar-refractivity contribution in [2.24, 2.45) is 0 Å². The maximum Gasteiger partial charge on any atom is 0.178 e. The van der Waals surface area contributed by atoms with Crippen LogP contribution in [0.2, 0.25) is 0 Å². The summed E-state index contributed by atoms with van der Waals surface area (Å²) in [5, 5.41) is 4.09. The van der Waals surface area contributed by atoms with E-state index >= 15 is 0 Å². The van der Waals surface area contributed by atoms with Gasteiger partial charge in [-0.05, 0) is 69.8 Å². The highest BCUT2D eigenvalue weighted by atomic mass is 79.9. The molecule has 1 aromatic rings. The van der Waals surface area contributed by atoms with Crippen LogP contribution in [-0.2, 0) is 0 Å². The molecule has 18 heavy (non-hydrogen) atoms. The van der Waals surface area contributed by atoms with Crippen LogP contribution in [0.3, 0.4) is 0 Å². The SMILES string of the molecule is CC1=CC(C)(C)NC(=S)N1c1ccc(Br)c(C)c1. The fourth-order valence-electron chi connectivity index (χ4n) is 2.20. The summed E-state index contributed by atoms with van der Waals surface area (Å²) in [7, 11) is 0. The Morgan fingerprint density at radius 2 is 1.94 bits per heavy atom. The van der Waals surface area contributed by atoms with Gasteiger partial charge in [-0.1, -0.05) is 15.9 Å². The Labute approximate surface area is 122 Å². The van der Waals surface area contributed by atoms with E-state index < -0.39 is 0 Å². The zero-order valence-corrected chi connectivity index (χ0v) is 13.4. The number of rotatable bonds is 1. The molecule has 0 radical (unpaired) electrons. The maximum atomic E-state index is 5.47. The van der Waals surface area contributed by atoms with Gasteiger partial charge in [-0.25, -0.2) is 0 Å². The first-order chi connectivity index (χ1) is 8.30. The van der Waals surface area contributed by atoms with Crippen LogP contribution in [0.4, 0.5) is 5.69 Å². The number of halogens is 1. The third kappa shape index (κ3) is 2.59. The van der Waals surface area contributed by atoms with Crippen LogP contribution in [0.5, 0.6) is 0 Å². The summed E-state index contributed by atoms with van der Waals surface area (Å²) in [6.45, 7) is 8.41.